The van der Waals surface area contributed by atoms with Crippen LogP contribution in [0.1, 0.15) is 81.7 Å². The van der Waals surface area contributed by atoms with Crippen LogP contribution in [-0.2, 0) is 19.1 Å². The van der Waals surface area contributed by atoms with Crippen LogP contribution in [0.25, 0.3) is 0 Å². The second-order valence-corrected chi connectivity index (χ2v) is 12.9. The van der Waals surface area contributed by atoms with Crippen LogP contribution in [0.4, 0.5) is 0 Å². The van der Waals surface area contributed by atoms with Gasteiger partial charge in [0.25, 0.3) is 5.91 Å². The van der Waals surface area contributed by atoms with Gasteiger partial charge in [0.2, 0.25) is 0 Å². The Bertz CT molecular complexity index is 1310. The molecule has 42 heavy (non-hydrogen) atoms. The Hall–Kier alpha value is -4.30. The Morgan fingerprint density at radius 3 is 1.71 bits per heavy atom. The summed E-state index contributed by atoms with van der Waals surface area (Å²) in [7, 11) is 1.76. The number of ketones is 1. The molecule has 1 amide bonds. The standard InChI is InChI=1S/C15H18N2O.C10H15NO2.C9H13NO/c1-15(2,3)10-12-14(18)17(4)13(16-12)11-8-6-5-7-9-11;1-5-13-9(12)8(7-11)6-10(2,3)4;1-7(11)8(6-10)5-9(2,3)4/h5-10H,1-4H3;6H,5H2,1-4H3;5H,1-4H3/b12-10-;8-6+;8-5+. The molecule has 0 radical (unpaired) electrons. The molecule has 0 atom stereocenters. The topological polar surface area (TPSA) is 124 Å². The molecular formula is C34H46N4O4. The Balaban J connectivity index is 0.000000626. The van der Waals surface area contributed by atoms with Crippen LogP contribution in [0.15, 0.2) is 70.4 Å². The van der Waals surface area contributed by atoms with Gasteiger partial charge in [-0.05, 0) is 36.2 Å². The first-order chi connectivity index (χ1) is 19.2. The Morgan fingerprint density at radius 1 is 0.881 bits per heavy atom. The number of amidine groups is 1. The maximum atomic E-state index is 12.1. The molecule has 0 saturated heterocycles. The number of rotatable bonds is 4. The molecule has 0 unspecified atom stereocenters. The first-order valence-corrected chi connectivity index (χ1v) is 13.7. The molecule has 8 heteroatoms. The highest BCUT2D eigenvalue weighted by Crippen LogP contribution is 2.24. The third-order valence-electron chi connectivity index (χ3n) is 4.94. The van der Waals surface area contributed by atoms with Gasteiger partial charge < -0.3 is 4.74 Å². The molecule has 0 fully saturated rings. The van der Waals surface area contributed by atoms with E-state index < -0.39 is 5.97 Å². The van der Waals surface area contributed by atoms with Crippen LogP contribution in [0, 0.1) is 38.9 Å². The lowest BCUT2D eigenvalue weighted by atomic mass is 9.93. The Morgan fingerprint density at radius 2 is 1.36 bits per heavy atom. The zero-order valence-corrected chi connectivity index (χ0v) is 27.2. The van der Waals surface area contributed by atoms with Gasteiger partial charge in [-0.3, -0.25) is 14.5 Å². The van der Waals surface area contributed by atoms with Gasteiger partial charge in [0.05, 0.1) is 12.2 Å². The fourth-order valence-electron chi connectivity index (χ4n) is 3.28. The number of esters is 1. The molecule has 8 nitrogen and oxygen atoms in total. The molecule has 1 heterocycles. The van der Waals surface area contributed by atoms with E-state index >= 15 is 0 Å². The summed E-state index contributed by atoms with van der Waals surface area (Å²) in [6.45, 7) is 21.2. The summed E-state index contributed by atoms with van der Waals surface area (Å²) >= 11 is 0. The fourth-order valence-corrected chi connectivity index (χ4v) is 3.28. The van der Waals surface area contributed by atoms with E-state index in [1.54, 1.807) is 31.0 Å². The lowest BCUT2D eigenvalue weighted by Crippen LogP contribution is -2.28. The highest BCUT2D eigenvalue weighted by Gasteiger charge is 2.28. The summed E-state index contributed by atoms with van der Waals surface area (Å²) in [6.07, 6.45) is 5.22. The number of carbonyl (C=O) groups is 3. The van der Waals surface area contributed by atoms with Crippen LogP contribution in [0.2, 0.25) is 0 Å². The Labute approximate surface area is 252 Å². The number of allylic oxidation sites excluding steroid dienone is 4. The summed E-state index contributed by atoms with van der Waals surface area (Å²) < 4.78 is 4.71. The van der Waals surface area contributed by atoms with Crippen LogP contribution in [0.5, 0.6) is 0 Å². The van der Waals surface area contributed by atoms with Gasteiger partial charge in [0.1, 0.15) is 29.2 Å². The largest absolute Gasteiger partial charge is 0.462 e. The lowest BCUT2D eigenvalue weighted by molar-refractivity contribution is -0.138. The molecule has 0 spiro atoms. The quantitative estimate of drug-likeness (QED) is 0.218. The number of aliphatic imine (C=N–C) groups is 1. The van der Waals surface area contributed by atoms with Gasteiger partial charge in [0.15, 0.2) is 5.78 Å². The second-order valence-electron chi connectivity index (χ2n) is 12.9. The van der Waals surface area contributed by atoms with Crippen LogP contribution in [-0.4, -0.2) is 42.0 Å². The normalized spacial score (nSPS) is 14.9. The van der Waals surface area contributed by atoms with Crippen LogP contribution in [0.3, 0.4) is 0 Å². The monoisotopic (exact) mass is 574 g/mol. The zero-order chi connectivity index (χ0) is 32.9. The summed E-state index contributed by atoms with van der Waals surface area (Å²) in [6, 6.07) is 13.5. The van der Waals surface area contributed by atoms with Gasteiger partial charge in [-0.25, -0.2) is 9.79 Å². The minimum atomic E-state index is -0.542. The van der Waals surface area contributed by atoms with Crippen molar-refractivity contribution in [3.05, 3.63) is 71.0 Å². The van der Waals surface area contributed by atoms with Crippen molar-refractivity contribution in [1.29, 1.82) is 10.5 Å². The third-order valence-corrected chi connectivity index (χ3v) is 4.94. The number of ether oxygens (including phenoxy) is 1. The fraction of sp³-hybridized carbons (Fsp3) is 0.471. The van der Waals surface area contributed by atoms with Gasteiger partial charge >= 0.3 is 5.97 Å². The SMILES string of the molecule is CC(=O)/C(C#N)=C/C(C)(C)C.CCOC(=O)/C(C#N)=C/C(C)(C)C.CN1C(=O)/C(=C/C(C)(C)C)N=C1c1ccccc1. The first-order valence-electron chi connectivity index (χ1n) is 13.7. The molecule has 1 aromatic carbocycles. The van der Waals surface area contributed by atoms with E-state index in [-0.39, 0.29) is 39.1 Å². The third kappa shape index (κ3) is 14.9. The average Bonchev–Trinajstić information content (AvgIpc) is 3.13. The maximum absolute atomic E-state index is 12.1. The average molecular weight is 575 g/mol. The highest BCUT2D eigenvalue weighted by atomic mass is 16.5. The number of amides is 1. The smallest absolute Gasteiger partial charge is 0.348 e. The molecular weight excluding hydrogens is 528 g/mol. The number of carbonyl (C=O) groups excluding carboxylic acids is 3. The molecule has 0 aromatic heterocycles. The van der Waals surface area contributed by atoms with E-state index in [1.807, 2.05) is 90.1 Å². The van der Waals surface area contributed by atoms with Gasteiger partial charge in [0, 0.05) is 12.6 Å². The van der Waals surface area contributed by atoms with E-state index in [2.05, 4.69) is 25.8 Å². The van der Waals surface area contributed by atoms with Crippen molar-refractivity contribution < 1.29 is 19.1 Å². The summed E-state index contributed by atoms with van der Waals surface area (Å²) in [5.41, 5.74) is 1.48. The van der Waals surface area contributed by atoms with Crippen molar-refractivity contribution in [2.24, 2.45) is 21.2 Å². The summed E-state index contributed by atoms with van der Waals surface area (Å²) in [4.78, 5) is 40.1. The molecule has 226 valence electrons. The van der Waals surface area contributed by atoms with Crippen molar-refractivity contribution in [2.75, 3.05) is 13.7 Å². The molecule has 1 aliphatic rings. The van der Waals surface area contributed by atoms with Crippen molar-refractivity contribution >= 4 is 23.5 Å². The number of Topliss-reactive ketones (excluding diaryl/α,β-unsaturated/α-hetero) is 1. The molecule has 1 aliphatic heterocycles. The predicted octanol–water partition coefficient (Wildman–Crippen LogP) is 6.95. The van der Waals surface area contributed by atoms with E-state index in [0.717, 1.165) is 11.4 Å². The maximum Gasteiger partial charge on any atom is 0.348 e. The van der Waals surface area contributed by atoms with E-state index in [0.29, 0.717) is 12.3 Å². The van der Waals surface area contributed by atoms with E-state index in [4.69, 9.17) is 15.3 Å². The Kier molecular flexibility index (Phi) is 14.6. The number of nitrogens with zero attached hydrogens (tertiary/aromatic N) is 4. The van der Waals surface area contributed by atoms with Gasteiger partial charge in [-0.2, -0.15) is 10.5 Å². The van der Waals surface area contributed by atoms with Crippen molar-refractivity contribution in [3.8, 4) is 12.1 Å². The van der Waals surface area contributed by atoms with Gasteiger partial charge in [-0.15, -0.1) is 0 Å². The predicted molar refractivity (Wildman–Crippen MR) is 167 cm³/mol. The summed E-state index contributed by atoms with van der Waals surface area (Å²) in [5.74, 6) is -0.0257. The minimum absolute atomic E-state index is 0.0382. The number of likely N-dealkylation sites (N-methyl/N-ethyl adjacent to an activating group) is 1. The number of nitriles is 2. The summed E-state index contributed by atoms with van der Waals surface area (Å²) in [5, 5.41) is 17.2. The van der Waals surface area contributed by atoms with Crippen molar-refractivity contribution in [3.63, 3.8) is 0 Å². The minimum Gasteiger partial charge on any atom is -0.462 e. The first kappa shape index (κ1) is 37.7. The molecule has 1 aromatic rings. The molecule has 0 bridgehead atoms. The molecule has 0 aliphatic carbocycles. The van der Waals surface area contributed by atoms with Gasteiger partial charge in [-0.1, -0.05) is 105 Å². The molecule has 0 N–H and O–H groups in total. The lowest BCUT2D eigenvalue weighted by Gasteiger charge is -2.13. The number of benzene rings is 1. The molecule has 0 saturated carbocycles. The van der Waals surface area contributed by atoms with Crippen LogP contribution < -0.4 is 0 Å². The van der Waals surface area contributed by atoms with E-state index in [1.165, 1.54) is 6.92 Å². The van der Waals surface area contributed by atoms with Crippen LogP contribution >= 0.6 is 0 Å². The van der Waals surface area contributed by atoms with Crippen molar-refractivity contribution in [2.45, 2.75) is 76.2 Å². The van der Waals surface area contributed by atoms with Crippen molar-refractivity contribution in [1.82, 2.24) is 4.90 Å². The van der Waals surface area contributed by atoms with E-state index in [9.17, 15) is 14.4 Å². The number of hydrogen-bond acceptors (Lipinski definition) is 7. The highest BCUT2D eigenvalue weighted by molar-refractivity contribution is 6.18. The zero-order valence-electron chi connectivity index (χ0n) is 27.2. The second kappa shape index (κ2) is 16.2. The molecule has 2 rings (SSSR count). The number of hydrogen-bond donors (Lipinski definition) is 0.